The number of carbonyl (C=O) groups is 1. The zero-order valence-electron chi connectivity index (χ0n) is 8.82. The molecule has 0 aliphatic carbocycles. The summed E-state index contributed by atoms with van der Waals surface area (Å²) in [4.78, 5) is 10.8. The van der Waals surface area contributed by atoms with Crippen molar-refractivity contribution >= 4 is 41.6 Å². The van der Waals surface area contributed by atoms with E-state index in [0.717, 1.165) is 12.0 Å². The Morgan fingerprint density at radius 1 is 1.35 bits per heavy atom. The van der Waals surface area contributed by atoms with Crippen LogP contribution < -0.4 is 5.32 Å². The van der Waals surface area contributed by atoms with Crippen LogP contribution in [0.4, 0.5) is 0 Å². The van der Waals surface area contributed by atoms with Crippen LogP contribution in [-0.4, -0.2) is 17.1 Å². The van der Waals surface area contributed by atoms with Crippen molar-refractivity contribution in [2.45, 2.75) is 24.9 Å². The molecular weight excluding hydrogens is 284 g/mol. The van der Waals surface area contributed by atoms with E-state index in [0.29, 0.717) is 16.5 Å². The molecule has 1 aromatic carbocycles. The van der Waals surface area contributed by atoms with Crippen LogP contribution in [0.2, 0.25) is 10.0 Å². The van der Waals surface area contributed by atoms with Gasteiger partial charge < -0.3 is 5.11 Å². The number of aliphatic carboxylic acids is 1. The molecule has 0 aromatic heterocycles. The van der Waals surface area contributed by atoms with E-state index < -0.39 is 12.0 Å². The highest BCUT2D eigenvalue weighted by Gasteiger charge is 2.30. The Hall–Kier alpha value is -0.480. The highest BCUT2D eigenvalue weighted by molar-refractivity contribution is 6.35. The van der Waals surface area contributed by atoms with Crippen LogP contribution in [-0.2, 0) is 4.79 Å². The largest absolute Gasteiger partial charge is 0.480 e. The fraction of sp³-hybridized carbons (Fsp3) is 0.364. The minimum Gasteiger partial charge on any atom is -0.480 e. The van der Waals surface area contributed by atoms with Gasteiger partial charge in [-0.25, -0.2) is 0 Å². The lowest BCUT2D eigenvalue weighted by molar-refractivity contribution is -0.139. The number of halogens is 3. The Morgan fingerprint density at radius 2 is 2.06 bits per heavy atom. The van der Waals surface area contributed by atoms with E-state index in [4.69, 9.17) is 28.3 Å². The SMILES string of the molecule is Cl.O=C(O)C1CCC(c2ccc(Cl)cc2Cl)N1. The number of benzene rings is 1. The first kappa shape index (κ1) is 14.6. The molecule has 6 heteroatoms. The summed E-state index contributed by atoms with van der Waals surface area (Å²) in [5, 5.41) is 13.1. The second kappa shape index (κ2) is 5.91. The van der Waals surface area contributed by atoms with Crippen LogP contribution in [0, 0.1) is 0 Å². The summed E-state index contributed by atoms with van der Waals surface area (Å²) in [5.74, 6) is -0.812. The second-order valence-electron chi connectivity index (χ2n) is 3.85. The molecule has 0 spiro atoms. The molecule has 2 unspecified atom stereocenters. The molecule has 2 N–H and O–H groups in total. The Bertz CT molecular complexity index is 425. The van der Waals surface area contributed by atoms with Gasteiger partial charge in [-0.3, -0.25) is 10.1 Å². The summed E-state index contributed by atoms with van der Waals surface area (Å²) < 4.78 is 0. The van der Waals surface area contributed by atoms with Crippen LogP contribution in [0.15, 0.2) is 18.2 Å². The first-order chi connectivity index (χ1) is 7.58. The van der Waals surface area contributed by atoms with E-state index in [9.17, 15) is 4.79 Å². The van der Waals surface area contributed by atoms with Crippen LogP contribution >= 0.6 is 35.6 Å². The van der Waals surface area contributed by atoms with E-state index in [1.807, 2.05) is 6.07 Å². The molecule has 1 aliphatic heterocycles. The smallest absolute Gasteiger partial charge is 0.320 e. The zero-order valence-corrected chi connectivity index (χ0v) is 11.1. The molecule has 0 radical (unpaired) electrons. The van der Waals surface area contributed by atoms with Crippen LogP contribution in [0.3, 0.4) is 0 Å². The van der Waals surface area contributed by atoms with Gasteiger partial charge in [0.2, 0.25) is 0 Å². The van der Waals surface area contributed by atoms with Gasteiger partial charge in [-0.1, -0.05) is 29.3 Å². The fourth-order valence-corrected chi connectivity index (χ4v) is 2.51. The molecule has 2 rings (SSSR count). The topological polar surface area (TPSA) is 49.3 Å². The number of hydrogen-bond acceptors (Lipinski definition) is 2. The maximum atomic E-state index is 10.8. The van der Waals surface area contributed by atoms with Gasteiger partial charge >= 0.3 is 5.97 Å². The monoisotopic (exact) mass is 295 g/mol. The molecule has 1 saturated heterocycles. The van der Waals surface area contributed by atoms with Crippen molar-refractivity contribution in [2.75, 3.05) is 0 Å². The molecule has 0 amide bonds. The van der Waals surface area contributed by atoms with Gasteiger partial charge in [-0.05, 0) is 30.5 Å². The lowest BCUT2D eigenvalue weighted by Crippen LogP contribution is -2.31. The molecule has 2 atom stereocenters. The highest BCUT2D eigenvalue weighted by Crippen LogP contribution is 2.32. The van der Waals surface area contributed by atoms with E-state index >= 15 is 0 Å². The van der Waals surface area contributed by atoms with E-state index in [1.54, 1.807) is 12.1 Å². The van der Waals surface area contributed by atoms with Crippen LogP contribution in [0.25, 0.3) is 0 Å². The molecule has 0 saturated carbocycles. The minimum absolute atomic E-state index is 0. The summed E-state index contributed by atoms with van der Waals surface area (Å²) >= 11 is 11.9. The van der Waals surface area contributed by atoms with Gasteiger partial charge in [0.1, 0.15) is 6.04 Å². The molecule has 1 fully saturated rings. The van der Waals surface area contributed by atoms with Crippen molar-refractivity contribution in [3.63, 3.8) is 0 Å². The summed E-state index contributed by atoms with van der Waals surface area (Å²) in [7, 11) is 0. The van der Waals surface area contributed by atoms with Gasteiger partial charge in [-0.2, -0.15) is 0 Å². The standard InChI is InChI=1S/C11H11Cl2NO2.ClH/c12-6-1-2-7(8(13)5-6)9-3-4-10(14-9)11(15)16;/h1-2,5,9-10,14H,3-4H2,(H,15,16);1H. The summed E-state index contributed by atoms with van der Waals surface area (Å²) in [5.41, 5.74) is 0.912. The van der Waals surface area contributed by atoms with Crippen molar-refractivity contribution in [1.82, 2.24) is 5.32 Å². The molecule has 1 aromatic rings. The number of nitrogens with one attached hydrogen (secondary N) is 1. The fourth-order valence-electron chi connectivity index (χ4n) is 1.97. The maximum absolute atomic E-state index is 10.8. The van der Waals surface area contributed by atoms with Gasteiger partial charge in [-0.15, -0.1) is 12.4 Å². The molecule has 1 aliphatic rings. The number of carboxylic acid groups (broad SMARTS) is 1. The number of hydrogen-bond donors (Lipinski definition) is 2. The molecular formula is C11H12Cl3NO2. The highest BCUT2D eigenvalue weighted by atomic mass is 35.5. The number of rotatable bonds is 2. The maximum Gasteiger partial charge on any atom is 0.320 e. The third kappa shape index (κ3) is 3.26. The van der Waals surface area contributed by atoms with Crippen molar-refractivity contribution in [1.29, 1.82) is 0 Å². The Labute approximate surface area is 116 Å². The van der Waals surface area contributed by atoms with Crippen molar-refractivity contribution < 1.29 is 9.90 Å². The third-order valence-electron chi connectivity index (χ3n) is 2.78. The third-order valence-corrected chi connectivity index (χ3v) is 3.34. The zero-order chi connectivity index (χ0) is 11.7. The lowest BCUT2D eigenvalue weighted by Gasteiger charge is -2.14. The second-order valence-corrected chi connectivity index (χ2v) is 4.70. The summed E-state index contributed by atoms with van der Waals surface area (Å²) in [6.45, 7) is 0. The average molecular weight is 297 g/mol. The van der Waals surface area contributed by atoms with Crippen molar-refractivity contribution in [3.05, 3.63) is 33.8 Å². The van der Waals surface area contributed by atoms with Crippen LogP contribution in [0.1, 0.15) is 24.4 Å². The predicted molar refractivity (Wildman–Crippen MR) is 70.2 cm³/mol. The Kier molecular flexibility index (Phi) is 5.07. The lowest BCUT2D eigenvalue weighted by atomic mass is 10.1. The minimum atomic E-state index is -0.812. The summed E-state index contributed by atoms with van der Waals surface area (Å²) in [6, 6.07) is 4.81. The predicted octanol–water partition coefficient (Wildman–Crippen LogP) is 3.29. The first-order valence-corrected chi connectivity index (χ1v) is 5.77. The van der Waals surface area contributed by atoms with Crippen LogP contribution in [0.5, 0.6) is 0 Å². The van der Waals surface area contributed by atoms with E-state index in [-0.39, 0.29) is 18.4 Å². The molecule has 1 heterocycles. The van der Waals surface area contributed by atoms with E-state index in [1.165, 1.54) is 0 Å². The average Bonchev–Trinajstić information content (AvgIpc) is 2.66. The molecule has 94 valence electrons. The van der Waals surface area contributed by atoms with Gasteiger partial charge in [0.25, 0.3) is 0 Å². The van der Waals surface area contributed by atoms with Crippen molar-refractivity contribution in [3.8, 4) is 0 Å². The van der Waals surface area contributed by atoms with E-state index in [2.05, 4.69) is 5.32 Å². The normalized spacial score (nSPS) is 23.2. The van der Waals surface area contributed by atoms with Crippen molar-refractivity contribution in [2.24, 2.45) is 0 Å². The number of carboxylic acids is 1. The molecule has 0 bridgehead atoms. The Balaban J connectivity index is 0.00000144. The van der Waals surface area contributed by atoms with Gasteiger partial charge in [0.05, 0.1) is 0 Å². The van der Waals surface area contributed by atoms with Gasteiger partial charge in [0.15, 0.2) is 0 Å². The van der Waals surface area contributed by atoms with Gasteiger partial charge in [0, 0.05) is 16.1 Å². The Morgan fingerprint density at radius 3 is 2.59 bits per heavy atom. The molecule has 3 nitrogen and oxygen atoms in total. The summed E-state index contributed by atoms with van der Waals surface area (Å²) in [6.07, 6.45) is 1.40. The first-order valence-electron chi connectivity index (χ1n) is 5.01. The molecule has 17 heavy (non-hydrogen) atoms. The quantitative estimate of drug-likeness (QED) is 0.880.